The largest absolute Gasteiger partial charge is 0.506 e. The van der Waals surface area contributed by atoms with Gasteiger partial charge in [-0.1, -0.05) is 6.07 Å². The molecule has 2 aromatic rings. The number of hydrogen-bond donors (Lipinski definition) is 3. The highest BCUT2D eigenvalue weighted by atomic mass is 32.1. The molecule has 0 radical (unpaired) electrons. The van der Waals surface area contributed by atoms with Crippen molar-refractivity contribution in [2.75, 3.05) is 5.32 Å². The summed E-state index contributed by atoms with van der Waals surface area (Å²) < 4.78 is 0. The second-order valence-electron chi connectivity index (χ2n) is 3.47. The van der Waals surface area contributed by atoms with E-state index in [0.29, 0.717) is 4.88 Å². The Morgan fingerprint density at radius 2 is 2.00 bits per heavy atom. The molecule has 0 fully saturated rings. The second-order valence-corrected chi connectivity index (χ2v) is 4.42. The van der Waals surface area contributed by atoms with Gasteiger partial charge in [0, 0.05) is 0 Å². The number of carbonyl (C=O) groups excluding carboxylic acids is 1. The Balaban J connectivity index is 2.20. The van der Waals surface area contributed by atoms with Gasteiger partial charge in [0.15, 0.2) is 0 Å². The van der Waals surface area contributed by atoms with Gasteiger partial charge in [-0.05, 0) is 29.6 Å². The maximum absolute atomic E-state index is 11.7. The van der Waals surface area contributed by atoms with Gasteiger partial charge in [0.2, 0.25) is 0 Å². The number of phenolic OH excluding ortho intramolecular Hbond substituents is 1. The Labute approximate surface area is 106 Å². The molecule has 0 unspecified atom stereocenters. The van der Waals surface area contributed by atoms with Crippen molar-refractivity contribution in [1.82, 2.24) is 0 Å². The average Bonchev–Trinajstić information content (AvgIpc) is 2.85. The van der Waals surface area contributed by atoms with Crippen molar-refractivity contribution in [3.8, 4) is 5.75 Å². The molecule has 1 aromatic heterocycles. The van der Waals surface area contributed by atoms with Gasteiger partial charge < -0.3 is 15.5 Å². The quantitative estimate of drug-likeness (QED) is 0.742. The molecule has 2 rings (SSSR count). The summed E-state index contributed by atoms with van der Waals surface area (Å²) in [6.07, 6.45) is 0. The molecule has 0 atom stereocenters. The van der Waals surface area contributed by atoms with E-state index in [4.69, 9.17) is 5.11 Å². The first-order valence-corrected chi connectivity index (χ1v) is 5.87. The Morgan fingerprint density at radius 1 is 1.22 bits per heavy atom. The number of rotatable bonds is 3. The molecule has 0 saturated carbocycles. The number of carboxylic acid groups (broad SMARTS) is 1. The molecule has 5 nitrogen and oxygen atoms in total. The van der Waals surface area contributed by atoms with E-state index in [1.54, 1.807) is 17.5 Å². The van der Waals surface area contributed by atoms with Crippen LogP contribution in [0.25, 0.3) is 0 Å². The first kappa shape index (κ1) is 12.1. The van der Waals surface area contributed by atoms with Crippen molar-refractivity contribution >= 4 is 28.9 Å². The van der Waals surface area contributed by atoms with Crippen LogP contribution in [0.3, 0.4) is 0 Å². The highest BCUT2D eigenvalue weighted by molar-refractivity contribution is 7.12. The Bertz CT molecular complexity index is 592. The van der Waals surface area contributed by atoms with E-state index >= 15 is 0 Å². The molecule has 0 aliphatic heterocycles. The summed E-state index contributed by atoms with van der Waals surface area (Å²) in [7, 11) is 0. The third-order valence-corrected chi connectivity index (χ3v) is 3.11. The molecule has 0 saturated heterocycles. The van der Waals surface area contributed by atoms with Crippen LogP contribution in [-0.4, -0.2) is 22.1 Å². The molecular formula is C12H9NO4S. The first-order chi connectivity index (χ1) is 8.58. The SMILES string of the molecule is O=C(O)c1ccc(NC(=O)c2cccs2)c(O)c1. The van der Waals surface area contributed by atoms with Crippen LogP contribution in [0, 0.1) is 0 Å². The van der Waals surface area contributed by atoms with E-state index in [2.05, 4.69) is 5.32 Å². The number of thiophene rings is 1. The number of aromatic carboxylic acids is 1. The number of carboxylic acids is 1. The van der Waals surface area contributed by atoms with Crippen LogP contribution in [0.15, 0.2) is 35.7 Å². The number of nitrogens with one attached hydrogen (secondary N) is 1. The standard InChI is InChI=1S/C12H9NO4S/c14-9-6-7(12(16)17)3-4-8(9)13-11(15)10-2-1-5-18-10/h1-6,14H,(H,13,15)(H,16,17). The highest BCUT2D eigenvalue weighted by Crippen LogP contribution is 2.25. The van der Waals surface area contributed by atoms with Gasteiger partial charge in [0.25, 0.3) is 5.91 Å². The highest BCUT2D eigenvalue weighted by Gasteiger charge is 2.11. The molecule has 0 aliphatic carbocycles. The number of phenols is 1. The summed E-state index contributed by atoms with van der Waals surface area (Å²) in [5.41, 5.74) is 0.139. The van der Waals surface area contributed by atoms with Gasteiger partial charge in [0.1, 0.15) is 5.75 Å². The molecule has 1 heterocycles. The lowest BCUT2D eigenvalue weighted by molar-refractivity contribution is 0.0696. The third-order valence-electron chi connectivity index (χ3n) is 2.24. The van der Waals surface area contributed by atoms with E-state index in [0.717, 1.165) is 6.07 Å². The molecule has 1 amide bonds. The van der Waals surface area contributed by atoms with Crippen LogP contribution >= 0.6 is 11.3 Å². The number of anilines is 1. The fourth-order valence-electron chi connectivity index (χ4n) is 1.36. The van der Waals surface area contributed by atoms with Crippen molar-refractivity contribution in [2.24, 2.45) is 0 Å². The summed E-state index contributed by atoms with van der Waals surface area (Å²) in [6.45, 7) is 0. The summed E-state index contributed by atoms with van der Waals surface area (Å²) >= 11 is 1.28. The van der Waals surface area contributed by atoms with Gasteiger partial charge in [0.05, 0.1) is 16.1 Å². The molecule has 6 heteroatoms. The second kappa shape index (κ2) is 4.89. The van der Waals surface area contributed by atoms with E-state index in [9.17, 15) is 14.7 Å². The fourth-order valence-corrected chi connectivity index (χ4v) is 1.98. The van der Waals surface area contributed by atoms with Crippen molar-refractivity contribution < 1.29 is 19.8 Å². The topological polar surface area (TPSA) is 86.6 Å². The lowest BCUT2D eigenvalue weighted by Crippen LogP contribution is -2.10. The number of benzene rings is 1. The zero-order valence-corrected chi connectivity index (χ0v) is 9.90. The molecule has 92 valence electrons. The van der Waals surface area contributed by atoms with Gasteiger partial charge >= 0.3 is 5.97 Å². The minimum Gasteiger partial charge on any atom is -0.506 e. The van der Waals surface area contributed by atoms with E-state index in [1.807, 2.05) is 0 Å². The van der Waals surface area contributed by atoms with Crippen LogP contribution in [0.5, 0.6) is 5.75 Å². The lowest BCUT2D eigenvalue weighted by Gasteiger charge is -2.06. The summed E-state index contributed by atoms with van der Waals surface area (Å²) in [6, 6.07) is 7.15. The van der Waals surface area contributed by atoms with E-state index < -0.39 is 5.97 Å². The molecule has 18 heavy (non-hydrogen) atoms. The van der Waals surface area contributed by atoms with Crippen LogP contribution < -0.4 is 5.32 Å². The third kappa shape index (κ3) is 2.49. The molecular weight excluding hydrogens is 254 g/mol. The predicted octanol–water partition coefficient (Wildman–Crippen LogP) is 2.40. The minimum absolute atomic E-state index is 0.0402. The Kier molecular flexibility index (Phi) is 3.29. The predicted molar refractivity (Wildman–Crippen MR) is 67.3 cm³/mol. The summed E-state index contributed by atoms with van der Waals surface area (Å²) in [4.78, 5) is 22.9. The lowest BCUT2D eigenvalue weighted by atomic mass is 10.2. The fraction of sp³-hybridized carbons (Fsp3) is 0. The molecule has 3 N–H and O–H groups in total. The Hall–Kier alpha value is -2.34. The van der Waals surface area contributed by atoms with Crippen LogP contribution in [0.1, 0.15) is 20.0 Å². The van der Waals surface area contributed by atoms with E-state index in [1.165, 1.54) is 23.5 Å². The number of aromatic hydroxyl groups is 1. The van der Waals surface area contributed by atoms with E-state index in [-0.39, 0.29) is 22.9 Å². The average molecular weight is 263 g/mol. The van der Waals surface area contributed by atoms with Crippen molar-refractivity contribution in [3.05, 3.63) is 46.2 Å². The maximum Gasteiger partial charge on any atom is 0.335 e. The van der Waals surface area contributed by atoms with Gasteiger partial charge in [-0.2, -0.15) is 0 Å². The van der Waals surface area contributed by atoms with Crippen molar-refractivity contribution in [1.29, 1.82) is 0 Å². The Morgan fingerprint density at radius 3 is 2.56 bits per heavy atom. The van der Waals surface area contributed by atoms with Crippen LogP contribution in [-0.2, 0) is 0 Å². The maximum atomic E-state index is 11.7. The van der Waals surface area contributed by atoms with Gasteiger partial charge in [-0.25, -0.2) is 4.79 Å². The summed E-state index contributed by atoms with van der Waals surface area (Å²) in [5, 5.41) is 22.6. The first-order valence-electron chi connectivity index (χ1n) is 4.99. The van der Waals surface area contributed by atoms with Gasteiger partial charge in [-0.3, -0.25) is 4.79 Å². The van der Waals surface area contributed by atoms with Gasteiger partial charge in [-0.15, -0.1) is 11.3 Å². The number of carbonyl (C=O) groups is 2. The monoisotopic (exact) mass is 263 g/mol. The zero-order chi connectivity index (χ0) is 13.1. The van der Waals surface area contributed by atoms with Crippen molar-refractivity contribution in [3.63, 3.8) is 0 Å². The molecule has 0 spiro atoms. The normalized spacial score (nSPS) is 10.0. The smallest absolute Gasteiger partial charge is 0.335 e. The van der Waals surface area contributed by atoms with Crippen molar-refractivity contribution in [2.45, 2.75) is 0 Å². The molecule has 0 aliphatic rings. The molecule has 1 aromatic carbocycles. The number of hydrogen-bond acceptors (Lipinski definition) is 4. The minimum atomic E-state index is -1.14. The van der Waals surface area contributed by atoms with Crippen LogP contribution in [0.4, 0.5) is 5.69 Å². The summed E-state index contributed by atoms with van der Waals surface area (Å²) in [5.74, 6) is -1.76. The van der Waals surface area contributed by atoms with Crippen LogP contribution in [0.2, 0.25) is 0 Å². The number of amides is 1. The molecule has 0 bridgehead atoms. The zero-order valence-electron chi connectivity index (χ0n) is 9.08.